The molecular weight excluding hydrogens is 240 g/mol. The Morgan fingerprint density at radius 1 is 1.41 bits per heavy atom. The van der Waals surface area contributed by atoms with Gasteiger partial charge in [-0.3, -0.25) is 14.7 Å². The topological polar surface area (TPSA) is 70.5 Å². The average molecular weight is 248 g/mol. The molecule has 0 radical (unpaired) electrons. The highest BCUT2D eigenvalue weighted by atomic mass is 32.2. The van der Waals surface area contributed by atoms with Gasteiger partial charge < -0.3 is 5.11 Å². The lowest BCUT2D eigenvalue weighted by Crippen LogP contribution is -2.29. The second kappa shape index (κ2) is 4.84. The number of carboxylic acid groups (broad SMARTS) is 1. The first-order chi connectivity index (χ1) is 8.20. The van der Waals surface area contributed by atoms with E-state index in [0.717, 1.165) is 4.90 Å². The summed E-state index contributed by atoms with van der Waals surface area (Å²) in [6.45, 7) is 0. The molecule has 0 bridgehead atoms. The molecule has 0 saturated carbocycles. The first-order valence-electron chi connectivity index (χ1n) is 4.69. The molecule has 0 aromatic carbocycles. The Morgan fingerprint density at radius 2 is 2.24 bits per heavy atom. The maximum atomic E-state index is 12.0. The molecule has 6 heteroatoms. The van der Waals surface area contributed by atoms with Crippen molar-refractivity contribution in [3.8, 4) is 0 Å². The summed E-state index contributed by atoms with van der Waals surface area (Å²) in [7, 11) is 0. The summed E-state index contributed by atoms with van der Waals surface area (Å²) in [5, 5.41) is 12.0. The van der Waals surface area contributed by atoms with Crippen LogP contribution in [0.3, 0.4) is 0 Å². The van der Waals surface area contributed by atoms with E-state index >= 15 is 0 Å². The molecule has 1 aliphatic rings. The Bertz CT molecular complexity index is 511. The van der Waals surface area contributed by atoms with Crippen LogP contribution in [0.5, 0.6) is 0 Å². The van der Waals surface area contributed by atoms with Crippen molar-refractivity contribution in [2.24, 2.45) is 0 Å². The van der Waals surface area contributed by atoms with Crippen LogP contribution in [0.15, 0.2) is 47.2 Å². The molecule has 0 unspecified atom stereocenters. The first kappa shape index (κ1) is 11.4. The second-order valence-electron chi connectivity index (χ2n) is 3.15. The Morgan fingerprint density at radius 3 is 2.88 bits per heavy atom. The summed E-state index contributed by atoms with van der Waals surface area (Å²) in [5.41, 5.74) is 0.280. The fourth-order valence-electron chi connectivity index (χ4n) is 1.30. The number of pyridine rings is 1. The molecule has 1 aromatic rings. The number of nitrogens with zero attached hydrogens (tertiary/aromatic N) is 2. The van der Waals surface area contributed by atoms with Crippen LogP contribution in [0.1, 0.15) is 10.4 Å². The molecule has 0 saturated heterocycles. The Kier molecular flexibility index (Phi) is 3.24. The van der Waals surface area contributed by atoms with Gasteiger partial charge in [0.15, 0.2) is 0 Å². The van der Waals surface area contributed by atoms with Gasteiger partial charge in [0.2, 0.25) is 0 Å². The number of aromatic nitrogens is 1. The number of aliphatic carboxylic acids is 1. The van der Waals surface area contributed by atoms with Crippen LogP contribution >= 0.6 is 11.8 Å². The van der Waals surface area contributed by atoms with E-state index in [-0.39, 0.29) is 5.70 Å². The molecule has 1 amide bonds. The lowest BCUT2D eigenvalue weighted by atomic mass is 10.2. The molecular formula is C11H8N2O3S. The third-order valence-electron chi connectivity index (χ3n) is 2.07. The van der Waals surface area contributed by atoms with Crippen molar-refractivity contribution < 1.29 is 14.7 Å². The van der Waals surface area contributed by atoms with Gasteiger partial charge in [-0.25, -0.2) is 4.79 Å². The van der Waals surface area contributed by atoms with Crippen molar-refractivity contribution in [1.82, 2.24) is 9.88 Å². The molecule has 0 atom stereocenters. The van der Waals surface area contributed by atoms with Gasteiger partial charge in [-0.15, -0.1) is 11.8 Å². The number of amides is 1. The maximum absolute atomic E-state index is 12.0. The second-order valence-corrected chi connectivity index (χ2v) is 3.93. The zero-order chi connectivity index (χ0) is 12.3. The third kappa shape index (κ3) is 2.36. The van der Waals surface area contributed by atoms with Gasteiger partial charge in [0.1, 0.15) is 5.70 Å². The summed E-state index contributed by atoms with van der Waals surface area (Å²) in [6, 6.07) is 3.21. The standard InChI is InChI=1S/C11H8N2O3S/c14-10(8-2-1-3-12-6-8)13-4-5-17-7-9(13)11(15)16/h1-7H,(H,15,16). The molecule has 1 aromatic heterocycles. The number of carboxylic acids is 1. The molecule has 2 heterocycles. The number of hydrogen-bond donors (Lipinski definition) is 1. The van der Waals surface area contributed by atoms with Gasteiger partial charge in [-0.1, -0.05) is 0 Å². The van der Waals surface area contributed by atoms with Crippen molar-refractivity contribution in [2.75, 3.05) is 0 Å². The quantitative estimate of drug-likeness (QED) is 0.862. The van der Waals surface area contributed by atoms with E-state index in [1.54, 1.807) is 23.7 Å². The normalized spacial score (nSPS) is 14.4. The molecule has 0 spiro atoms. The van der Waals surface area contributed by atoms with Crippen LogP contribution in [-0.2, 0) is 4.79 Å². The molecule has 1 aliphatic heterocycles. The van der Waals surface area contributed by atoms with Crippen molar-refractivity contribution in [1.29, 1.82) is 0 Å². The van der Waals surface area contributed by atoms with Gasteiger partial charge >= 0.3 is 5.97 Å². The summed E-state index contributed by atoms with van der Waals surface area (Å²) >= 11 is 1.21. The minimum absolute atomic E-state index is 0.0636. The van der Waals surface area contributed by atoms with Gasteiger partial charge in [0.05, 0.1) is 5.56 Å². The summed E-state index contributed by atoms with van der Waals surface area (Å²) in [4.78, 5) is 27.9. The van der Waals surface area contributed by atoms with E-state index in [0.29, 0.717) is 5.56 Å². The Labute approximate surface area is 101 Å². The number of carbonyl (C=O) groups is 2. The van der Waals surface area contributed by atoms with Crippen molar-refractivity contribution in [3.63, 3.8) is 0 Å². The smallest absolute Gasteiger partial charge is 0.353 e. The highest BCUT2D eigenvalue weighted by molar-refractivity contribution is 8.05. The number of hydrogen-bond acceptors (Lipinski definition) is 4. The van der Waals surface area contributed by atoms with E-state index < -0.39 is 11.9 Å². The number of rotatable bonds is 2. The lowest BCUT2D eigenvalue weighted by molar-refractivity contribution is -0.133. The summed E-state index contributed by atoms with van der Waals surface area (Å²) < 4.78 is 0. The highest BCUT2D eigenvalue weighted by Crippen LogP contribution is 2.22. The molecule has 86 valence electrons. The summed E-state index contributed by atoms with van der Waals surface area (Å²) in [6.07, 6.45) is 4.38. The van der Waals surface area contributed by atoms with Crippen molar-refractivity contribution in [3.05, 3.63) is 52.8 Å². The van der Waals surface area contributed by atoms with Gasteiger partial charge in [-0.2, -0.15) is 0 Å². The Balaban J connectivity index is 2.30. The predicted octanol–water partition coefficient (Wildman–Crippen LogP) is 1.67. The fraction of sp³-hybridized carbons (Fsp3) is 0. The van der Waals surface area contributed by atoms with E-state index in [4.69, 9.17) is 5.11 Å². The van der Waals surface area contributed by atoms with E-state index in [1.165, 1.54) is 29.6 Å². The van der Waals surface area contributed by atoms with Crippen LogP contribution in [0.4, 0.5) is 0 Å². The van der Waals surface area contributed by atoms with Crippen LogP contribution in [0.25, 0.3) is 0 Å². The highest BCUT2D eigenvalue weighted by Gasteiger charge is 2.24. The molecule has 1 N–H and O–H groups in total. The monoisotopic (exact) mass is 248 g/mol. The lowest BCUT2D eigenvalue weighted by Gasteiger charge is -2.20. The van der Waals surface area contributed by atoms with Crippen LogP contribution in [0.2, 0.25) is 0 Å². The SMILES string of the molecule is O=C(O)C1=CSC=CN1C(=O)c1cccnc1. The largest absolute Gasteiger partial charge is 0.477 e. The zero-order valence-corrected chi connectivity index (χ0v) is 9.42. The number of carbonyl (C=O) groups excluding carboxylic acids is 1. The first-order valence-corrected chi connectivity index (χ1v) is 5.63. The van der Waals surface area contributed by atoms with Crippen LogP contribution in [0, 0.1) is 0 Å². The molecule has 0 fully saturated rings. The fourth-order valence-corrected chi connectivity index (χ4v) is 1.91. The van der Waals surface area contributed by atoms with Gasteiger partial charge in [0, 0.05) is 24.0 Å². The minimum atomic E-state index is -1.14. The minimum Gasteiger partial charge on any atom is -0.477 e. The predicted molar refractivity (Wildman–Crippen MR) is 62.9 cm³/mol. The van der Waals surface area contributed by atoms with Crippen molar-refractivity contribution >= 4 is 23.6 Å². The zero-order valence-electron chi connectivity index (χ0n) is 8.61. The van der Waals surface area contributed by atoms with Crippen molar-refractivity contribution in [2.45, 2.75) is 0 Å². The van der Waals surface area contributed by atoms with Crippen LogP contribution in [-0.4, -0.2) is 26.9 Å². The number of thioether (sulfide) groups is 1. The van der Waals surface area contributed by atoms with Gasteiger partial charge in [0.25, 0.3) is 5.91 Å². The third-order valence-corrected chi connectivity index (χ3v) is 2.71. The molecule has 17 heavy (non-hydrogen) atoms. The Hall–Kier alpha value is -2.08. The maximum Gasteiger partial charge on any atom is 0.353 e. The molecule has 2 rings (SSSR count). The van der Waals surface area contributed by atoms with Gasteiger partial charge in [-0.05, 0) is 17.5 Å². The molecule has 0 aliphatic carbocycles. The average Bonchev–Trinajstić information content (AvgIpc) is 2.39. The molecule has 5 nitrogen and oxygen atoms in total. The summed E-state index contributed by atoms with van der Waals surface area (Å²) in [5.74, 6) is -1.55. The van der Waals surface area contributed by atoms with E-state index in [2.05, 4.69) is 4.98 Å². The van der Waals surface area contributed by atoms with Crippen LogP contribution < -0.4 is 0 Å². The van der Waals surface area contributed by atoms with E-state index in [9.17, 15) is 9.59 Å². The van der Waals surface area contributed by atoms with E-state index in [1.807, 2.05) is 0 Å².